The van der Waals surface area contributed by atoms with Crippen LogP contribution in [0.3, 0.4) is 0 Å². The van der Waals surface area contributed by atoms with Crippen LogP contribution in [0, 0.1) is 5.82 Å². The lowest BCUT2D eigenvalue weighted by molar-refractivity contribution is 0.611. The van der Waals surface area contributed by atoms with Crippen LogP contribution in [0.15, 0.2) is 18.2 Å². The highest BCUT2D eigenvalue weighted by Crippen LogP contribution is 2.13. The predicted molar refractivity (Wildman–Crippen MR) is 53.5 cm³/mol. The largest absolute Gasteiger partial charge is 0.207 e. The maximum Gasteiger partial charge on any atom is 0.126 e. The third kappa shape index (κ3) is 2.15. The van der Waals surface area contributed by atoms with Gasteiger partial charge in [0, 0.05) is 4.43 Å². The first-order chi connectivity index (χ1) is 5.27. The van der Waals surface area contributed by atoms with Gasteiger partial charge >= 0.3 is 0 Å². The highest BCUT2D eigenvalue weighted by molar-refractivity contribution is 14.1. The summed E-state index contributed by atoms with van der Waals surface area (Å²) in [7, 11) is 0. The smallest absolute Gasteiger partial charge is 0.126 e. The van der Waals surface area contributed by atoms with Crippen LogP contribution in [0.5, 0.6) is 0 Å². The van der Waals surface area contributed by atoms with Crippen LogP contribution in [0.25, 0.3) is 0 Å². The molecule has 0 aromatic heterocycles. The zero-order valence-electron chi connectivity index (χ0n) is 6.40. The minimum Gasteiger partial charge on any atom is -0.207 e. The maximum absolute atomic E-state index is 12.9. The Morgan fingerprint density at radius 2 is 2.18 bits per heavy atom. The van der Waals surface area contributed by atoms with Crippen LogP contribution in [-0.4, -0.2) is 0 Å². The number of aryl methyl sites for hydroxylation is 1. The van der Waals surface area contributed by atoms with Crippen molar-refractivity contribution in [2.24, 2.45) is 0 Å². The Morgan fingerprint density at radius 3 is 2.73 bits per heavy atom. The molecule has 11 heavy (non-hydrogen) atoms. The second-order valence-corrected chi connectivity index (χ2v) is 3.18. The van der Waals surface area contributed by atoms with E-state index in [1.807, 2.05) is 19.1 Å². The summed E-state index contributed by atoms with van der Waals surface area (Å²) < 4.78 is 13.9. The van der Waals surface area contributed by atoms with Gasteiger partial charge in [0.05, 0.1) is 0 Å². The second kappa shape index (κ2) is 4.04. The normalized spacial score (nSPS) is 10.1. The number of hydrogen-bond donors (Lipinski definition) is 0. The fraction of sp³-hybridized carbons (Fsp3) is 0.333. The quantitative estimate of drug-likeness (QED) is 0.567. The standard InChI is InChI=1S/C9H10FI/c1-2-8-5-7(6-11)3-4-9(8)10/h3-5H,2,6H2,1H3. The van der Waals surface area contributed by atoms with E-state index < -0.39 is 0 Å². The number of alkyl halides is 1. The van der Waals surface area contributed by atoms with Crippen LogP contribution in [0.1, 0.15) is 18.1 Å². The van der Waals surface area contributed by atoms with Gasteiger partial charge in [-0.2, -0.15) is 0 Å². The summed E-state index contributed by atoms with van der Waals surface area (Å²) in [5.41, 5.74) is 2.02. The summed E-state index contributed by atoms with van der Waals surface area (Å²) in [4.78, 5) is 0. The first-order valence-electron chi connectivity index (χ1n) is 3.61. The third-order valence-electron chi connectivity index (χ3n) is 1.65. The lowest BCUT2D eigenvalue weighted by Crippen LogP contribution is -1.89. The Labute approximate surface area is 80.0 Å². The van der Waals surface area contributed by atoms with E-state index in [0.29, 0.717) is 0 Å². The monoisotopic (exact) mass is 264 g/mol. The molecule has 0 fully saturated rings. The lowest BCUT2D eigenvalue weighted by Gasteiger charge is -2.01. The van der Waals surface area contributed by atoms with Gasteiger partial charge in [0.25, 0.3) is 0 Å². The molecule has 0 aliphatic carbocycles. The van der Waals surface area contributed by atoms with E-state index in [0.717, 1.165) is 16.4 Å². The summed E-state index contributed by atoms with van der Waals surface area (Å²) in [5.74, 6) is -0.0823. The van der Waals surface area contributed by atoms with E-state index in [-0.39, 0.29) is 5.82 Å². The van der Waals surface area contributed by atoms with E-state index in [2.05, 4.69) is 22.6 Å². The molecule has 0 bridgehead atoms. The minimum atomic E-state index is -0.0823. The second-order valence-electron chi connectivity index (χ2n) is 2.41. The van der Waals surface area contributed by atoms with Crippen LogP contribution in [0.2, 0.25) is 0 Å². The topological polar surface area (TPSA) is 0 Å². The Kier molecular flexibility index (Phi) is 3.30. The Morgan fingerprint density at radius 1 is 1.45 bits per heavy atom. The Balaban J connectivity index is 3.02. The first kappa shape index (κ1) is 8.97. The summed E-state index contributed by atoms with van der Waals surface area (Å²) in [5, 5.41) is 0. The molecule has 0 nitrogen and oxygen atoms in total. The van der Waals surface area contributed by atoms with Crippen molar-refractivity contribution < 1.29 is 4.39 Å². The van der Waals surface area contributed by atoms with E-state index in [1.54, 1.807) is 6.07 Å². The predicted octanol–water partition coefficient (Wildman–Crippen LogP) is 3.32. The van der Waals surface area contributed by atoms with Crippen molar-refractivity contribution in [2.45, 2.75) is 17.8 Å². The van der Waals surface area contributed by atoms with Crippen molar-refractivity contribution in [3.63, 3.8) is 0 Å². The molecular weight excluding hydrogens is 254 g/mol. The SMILES string of the molecule is CCc1cc(CI)ccc1F. The van der Waals surface area contributed by atoms with Gasteiger partial charge in [-0.3, -0.25) is 0 Å². The molecular formula is C9H10FI. The molecule has 1 aromatic carbocycles. The van der Waals surface area contributed by atoms with Crippen molar-refractivity contribution in [3.05, 3.63) is 35.1 Å². The van der Waals surface area contributed by atoms with Gasteiger partial charge in [-0.15, -0.1) is 0 Å². The van der Waals surface area contributed by atoms with Crippen molar-refractivity contribution in [1.82, 2.24) is 0 Å². The van der Waals surface area contributed by atoms with Crippen LogP contribution in [-0.2, 0) is 10.8 Å². The fourth-order valence-electron chi connectivity index (χ4n) is 0.982. The van der Waals surface area contributed by atoms with Crippen molar-refractivity contribution in [2.75, 3.05) is 0 Å². The molecule has 0 unspecified atom stereocenters. The third-order valence-corrected chi connectivity index (χ3v) is 2.53. The van der Waals surface area contributed by atoms with Crippen LogP contribution in [0.4, 0.5) is 4.39 Å². The zero-order chi connectivity index (χ0) is 8.27. The van der Waals surface area contributed by atoms with Gasteiger partial charge < -0.3 is 0 Å². The molecule has 0 heterocycles. The van der Waals surface area contributed by atoms with Crippen LogP contribution < -0.4 is 0 Å². The molecule has 0 radical (unpaired) electrons. The molecule has 0 aliphatic rings. The zero-order valence-corrected chi connectivity index (χ0v) is 8.56. The van der Waals surface area contributed by atoms with Gasteiger partial charge in [0.1, 0.15) is 5.82 Å². The highest BCUT2D eigenvalue weighted by Gasteiger charge is 1.99. The minimum absolute atomic E-state index is 0.0823. The summed E-state index contributed by atoms with van der Waals surface area (Å²) >= 11 is 2.28. The van der Waals surface area contributed by atoms with Crippen LogP contribution >= 0.6 is 22.6 Å². The molecule has 1 rings (SSSR count). The van der Waals surface area contributed by atoms with E-state index in [1.165, 1.54) is 5.56 Å². The lowest BCUT2D eigenvalue weighted by atomic mass is 10.1. The van der Waals surface area contributed by atoms with Gasteiger partial charge in [-0.05, 0) is 23.6 Å². The van der Waals surface area contributed by atoms with Gasteiger partial charge in [0.15, 0.2) is 0 Å². The molecule has 0 N–H and O–H groups in total. The molecule has 1 aromatic rings. The number of rotatable bonds is 2. The maximum atomic E-state index is 12.9. The summed E-state index contributed by atoms with van der Waals surface area (Å²) in [6.07, 6.45) is 0.774. The van der Waals surface area contributed by atoms with E-state index >= 15 is 0 Å². The molecule has 2 heteroatoms. The summed E-state index contributed by atoms with van der Waals surface area (Å²) in [6, 6.07) is 5.32. The molecule has 0 amide bonds. The average Bonchev–Trinajstić information content (AvgIpc) is 2.05. The van der Waals surface area contributed by atoms with E-state index in [4.69, 9.17) is 0 Å². The molecule has 0 saturated carbocycles. The van der Waals surface area contributed by atoms with Gasteiger partial charge in [0.2, 0.25) is 0 Å². The summed E-state index contributed by atoms with van der Waals surface area (Å²) in [6.45, 7) is 1.97. The Hall–Kier alpha value is -0.120. The molecule has 0 saturated heterocycles. The van der Waals surface area contributed by atoms with Crippen molar-refractivity contribution in [3.8, 4) is 0 Å². The number of benzene rings is 1. The fourth-order valence-corrected chi connectivity index (χ4v) is 1.46. The first-order valence-corrected chi connectivity index (χ1v) is 5.13. The molecule has 0 spiro atoms. The van der Waals surface area contributed by atoms with Crippen molar-refractivity contribution in [1.29, 1.82) is 0 Å². The molecule has 0 atom stereocenters. The van der Waals surface area contributed by atoms with Gasteiger partial charge in [-0.1, -0.05) is 41.6 Å². The van der Waals surface area contributed by atoms with Gasteiger partial charge in [-0.25, -0.2) is 4.39 Å². The molecule has 60 valence electrons. The Bertz CT molecular complexity index is 245. The number of hydrogen-bond acceptors (Lipinski definition) is 0. The number of halogens is 2. The van der Waals surface area contributed by atoms with E-state index in [9.17, 15) is 4.39 Å². The highest BCUT2D eigenvalue weighted by atomic mass is 127. The molecule has 0 aliphatic heterocycles. The van der Waals surface area contributed by atoms with Crippen molar-refractivity contribution >= 4 is 22.6 Å². The average molecular weight is 264 g/mol.